The van der Waals surface area contributed by atoms with Crippen molar-refractivity contribution in [2.24, 2.45) is 4.99 Å². The normalized spacial score (nSPS) is 15.8. The van der Waals surface area contributed by atoms with Gasteiger partial charge in [0, 0.05) is 18.6 Å². The summed E-state index contributed by atoms with van der Waals surface area (Å²) < 4.78 is 8.20. The summed E-state index contributed by atoms with van der Waals surface area (Å²) in [6, 6.07) is 14.9. The van der Waals surface area contributed by atoms with E-state index in [9.17, 15) is 9.59 Å². The highest BCUT2D eigenvalue weighted by molar-refractivity contribution is 9.10. The van der Waals surface area contributed by atoms with Gasteiger partial charge in [-0.2, -0.15) is 0 Å². The minimum Gasteiger partial charge on any atom is -0.466 e. The lowest BCUT2D eigenvalue weighted by molar-refractivity contribution is -0.136. The van der Waals surface area contributed by atoms with Crippen molar-refractivity contribution in [2.75, 3.05) is 26.1 Å². The second kappa shape index (κ2) is 9.49. The van der Waals surface area contributed by atoms with Crippen molar-refractivity contribution < 1.29 is 9.53 Å². The lowest BCUT2D eigenvalue weighted by Gasteiger charge is -2.25. The summed E-state index contributed by atoms with van der Waals surface area (Å²) in [4.78, 5) is 33.7. The lowest BCUT2D eigenvalue weighted by Crippen LogP contribution is -2.40. The van der Waals surface area contributed by atoms with Crippen molar-refractivity contribution in [3.05, 3.63) is 95.1 Å². The Morgan fingerprint density at radius 2 is 1.97 bits per heavy atom. The first kappa shape index (κ1) is 23.2. The van der Waals surface area contributed by atoms with Crippen LogP contribution < -0.4 is 19.8 Å². The van der Waals surface area contributed by atoms with Crippen molar-refractivity contribution >= 4 is 45.0 Å². The molecule has 1 atom stereocenters. The average Bonchev–Trinajstić information content (AvgIpc) is 3.12. The van der Waals surface area contributed by atoms with Crippen molar-refractivity contribution in [1.29, 1.82) is 0 Å². The van der Waals surface area contributed by atoms with E-state index in [1.165, 1.54) is 18.4 Å². The molecule has 8 heteroatoms. The Hall–Kier alpha value is -2.97. The van der Waals surface area contributed by atoms with Crippen LogP contribution in [0.4, 0.5) is 5.69 Å². The molecule has 0 amide bonds. The molecule has 6 nitrogen and oxygen atoms in total. The van der Waals surface area contributed by atoms with Crippen LogP contribution in [-0.2, 0) is 9.53 Å². The van der Waals surface area contributed by atoms with E-state index in [-0.39, 0.29) is 5.56 Å². The number of anilines is 1. The van der Waals surface area contributed by atoms with Gasteiger partial charge < -0.3 is 9.64 Å². The van der Waals surface area contributed by atoms with Crippen molar-refractivity contribution in [3.63, 3.8) is 0 Å². The van der Waals surface area contributed by atoms with Crippen LogP contribution in [0.2, 0.25) is 0 Å². The molecule has 0 unspecified atom stereocenters. The van der Waals surface area contributed by atoms with Gasteiger partial charge in [0.2, 0.25) is 0 Å². The van der Waals surface area contributed by atoms with Crippen LogP contribution in [0.15, 0.2) is 74.1 Å². The molecule has 0 N–H and O–H groups in total. The Morgan fingerprint density at radius 3 is 2.58 bits per heavy atom. The fourth-order valence-electron chi connectivity index (χ4n) is 3.94. The molecule has 0 radical (unpaired) electrons. The Kier molecular flexibility index (Phi) is 6.67. The summed E-state index contributed by atoms with van der Waals surface area (Å²) >= 11 is 4.94. The van der Waals surface area contributed by atoms with Crippen LogP contribution in [0.5, 0.6) is 0 Å². The number of nitrogens with zero attached hydrogens (tertiary/aromatic N) is 3. The largest absolute Gasteiger partial charge is 0.466 e. The van der Waals surface area contributed by atoms with Crippen LogP contribution in [-0.4, -0.2) is 31.7 Å². The van der Waals surface area contributed by atoms with E-state index in [1.807, 2.05) is 80.5 Å². The molecule has 0 bridgehead atoms. The molecule has 170 valence electrons. The second-order valence-electron chi connectivity index (χ2n) is 7.80. The first-order chi connectivity index (χ1) is 15.8. The number of benzene rings is 2. The molecule has 0 saturated heterocycles. The number of thiazole rings is 1. The highest BCUT2D eigenvalue weighted by Crippen LogP contribution is 2.31. The molecule has 2 aromatic carbocycles. The van der Waals surface area contributed by atoms with Crippen molar-refractivity contribution in [3.8, 4) is 0 Å². The van der Waals surface area contributed by atoms with E-state index in [1.54, 1.807) is 4.57 Å². The van der Waals surface area contributed by atoms with Gasteiger partial charge in [-0.3, -0.25) is 9.36 Å². The summed E-state index contributed by atoms with van der Waals surface area (Å²) in [7, 11) is 5.31. The smallest absolute Gasteiger partial charge is 0.338 e. The zero-order chi connectivity index (χ0) is 23.7. The van der Waals surface area contributed by atoms with Crippen molar-refractivity contribution in [1.82, 2.24) is 4.57 Å². The summed E-state index contributed by atoms with van der Waals surface area (Å²) in [5, 5.41) is 0. The van der Waals surface area contributed by atoms with E-state index in [0.29, 0.717) is 27.0 Å². The molecule has 0 spiro atoms. The number of allylic oxidation sites excluding steroid dienone is 1. The number of halogens is 1. The first-order valence-corrected chi connectivity index (χ1v) is 12.1. The zero-order valence-electron chi connectivity index (χ0n) is 18.8. The molecule has 0 aliphatic carbocycles. The minimum absolute atomic E-state index is 0.183. The number of hydrogen-bond donors (Lipinski definition) is 0. The standard InChI is InChI=1S/C25H24BrN3O3S/c1-5-18-21(24(31)32-4)22(16-9-7-6-8-10-16)29-23(30)20(33-25(29)27-18)14-15-11-12-19(28(2)3)17(26)13-15/h6-14,22H,5H2,1-4H3/b20-14-/t22-/m0/s1. The Balaban J connectivity index is 1.95. The van der Waals surface area contributed by atoms with Gasteiger partial charge in [-0.05, 0) is 51.7 Å². The maximum absolute atomic E-state index is 13.6. The van der Waals surface area contributed by atoms with Gasteiger partial charge in [-0.15, -0.1) is 0 Å². The Morgan fingerprint density at radius 1 is 1.24 bits per heavy atom. The van der Waals surface area contributed by atoms with Crippen LogP contribution in [0.25, 0.3) is 6.08 Å². The number of aromatic nitrogens is 1. The average molecular weight is 526 g/mol. The molecule has 2 heterocycles. The van der Waals surface area contributed by atoms with E-state index >= 15 is 0 Å². The quantitative estimate of drug-likeness (QED) is 0.477. The third kappa shape index (κ3) is 4.32. The van der Waals surface area contributed by atoms with Gasteiger partial charge in [0.15, 0.2) is 4.80 Å². The molecule has 4 rings (SSSR count). The molecule has 1 aromatic heterocycles. The topological polar surface area (TPSA) is 63.9 Å². The van der Waals surface area contributed by atoms with Gasteiger partial charge >= 0.3 is 5.97 Å². The maximum atomic E-state index is 13.6. The number of methoxy groups -OCH3 is 1. The van der Waals surface area contributed by atoms with Crippen LogP contribution in [0.1, 0.15) is 30.5 Å². The number of carbonyl (C=O) groups is 1. The summed E-state index contributed by atoms with van der Waals surface area (Å²) in [6.07, 6.45) is 2.42. The van der Waals surface area contributed by atoms with Crippen LogP contribution in [0, 0.1) is 0 Å². The number of hydrogen-bond acceptors (Lipinski definition) is 6. The highest BCUT2D eigenvalue weighted by Gasteiger charge is 2.33. The number of esters is 1. The van der Waals surface area contributed by atoms with E-state index in [0.717, 1.165) is 21.3 Å². The molecule has 33 heavy (non-hydrogen) atoms. The Labute approximate surface area is 204 Å². The maximum Gasteiger partial charge on any atom is 0.338 e. The van der Waals surface area contributed by atoms with Crippen LogP contribution in [0.3, 0.4) is 0 Å². The predicted octanol–water partition coefficient (Wildman–Crippen LogP) is 3.63. The van der Waals surface area contributed by atoms with E-state index in [4.69, 9.17) is 9.73 Å². The van der Waals surface area contributed by atoms with E-state index < -0.39 is 12.0 Å². The van der Waals surface area contributed by atoms with E-state index in [2.05, 4.69) is 15.9 Å². The third-order valence-corrected chi connectivity index (χ3v) is 7.13. The van der Waals surface area contributed by atoms with Crippen LogP contribution >= 0.6 is 27.3 Å². The first-order valence-electron chi connectivity index (χ1n) is 10.5. The van der Waals surface area contributed by atoms with Gasteiger partial charge in [0.05, 0.1) is 34.6 Å². The highest BCUT2D eigenvalue weighted by atomic mass is 79.9. The number of carbonyl (C=O) groups excluding carboxylic acids is 1. The monoisotopic (exact) mass is 525 g/mol. The summed E-state index contributed by atoms with van der Waals surface area (Å²) in [5.41, 5.74) is 3.65. The summed E-state index contributed by atoms with van der Waals surface area (Å²) in [5.74, 6) is -0.470. The fraction of sp³-hybridized carbons (Fsp3) is 0.240. The molecule has 3 aromatic rings. The molecule has 1 aliphatic rings. The predicted molar refractivity (Wildman–Crippen MR) is 135 cm³/mol. The molecular formula is C25H24BrN3O3S. The second-order valence-corrected chi connectivity index (χ2v) is 9.67. The number of fused-ring (bicyclic) bond motifs is 1. The minimum atomic E-state index is -0.588. The summed E-state index contributed by atoms with van der Waals surface area (Å²) in [6.45, 7) is 1.95. The SMILES string of the molecule is CCC1=C(C(=O)OC)[C@H](c2ccccc2)n2c(s/c(=C\c3ccc(N(C)C)c(Br)c3)c2=O)=N1. The van der Waals surface area contributed by atoms with Gasteiger partial charge in [-0.25, -0.2) is 9.79 Å². The molecule has 0 saturated carbocycles. The lowest BCUT2D eigenvalue weighted by atomic mass is 9.95. The van der Waals surface area contributed by atoms with Gasteiger partial charge in [-0.1, -0.05) is 54.7 Å². The zero-order valence-corrected chi connectivity index (χ0v) is 21.2. The number of ether oxygens (including phenoxy) is 1. The van der Waals surface area contributed by atoms with Crippen molar-refractivity contribution in [2.45, 2.75) is 19.4 Å². The molecule has 0 fully saturated rings. The third-order valence-electron chi connectivity index (χ3n) is 5.52. The number of rotatable bonds is 5. The molecule has 1 aliphatic heterocycles. The van der Waals surface area contributed by atoms with Gasteiger partial charge in [0.25, 0.3) is 5.56 Å². The Bertz CT molecular complexity index is 1420. The molecular weight excluding hydrogens is 502 g/mol. The van der Waals surface area contributed by atoms with Gasteiger partial charge in [0.1, 0.15) is 0 Å². The fourth-order valence-corrected chi connectivity index (χ4v) is 5.71.